The lowest BCUT2D eigenvalue weighted by molar-refractivity contribution is 0.112. The number of carbonyl (C=O) groups is 1. The topological polar surface area (TPSA) is 111 Å². The lowest BCUT2D eigenvalue weighted by Crippen LogP contribution is -2.24. The van der Waals surface area contributed by atoms with E-state index in [2.05, 4.69) is 20.3 Å². The summed E-state index contributed by atoms with van der Waals surface area (Å²) >= 11 is 2.85. The molecule has 0 atom stereocenters. The average molecular weight is 462 g/mol. The predicted molar refractivity (Wildman–Crippen MR) is 124 cm³/mol. The van der Waals surface area contributed by atoms with E-state index in [-0.39, 0.29) is 5.56 Å². The van der Waals surface area contributed by atoms with Crippen LogP contribution in [0.3, 0.4) is 0 Å². The SMILES string of the molecule is Cn1c2nc(Cc3csc(C=O)n3)sc2c2cnn(Cc3cccc4[nH]ncc34)c(=O)c21. The van der Waals surface area contributed by atoms with E-state index in [9.17, 15) is 9.59 Å². The zero-order valence-electron chi connectivity index (χ0n) is 16.8. The highest BCUT2D eigenvalue weighted by atomic mass is 32.1. The minimum Gasteiger partial charge on any atom is -0.323 e. The fourth-order valence-corrected chi connectivity index (χ4v) is 5.70. The van der Waals surface area contributed by atoms with Crippen LogP contribution >= 0.6 is 22.7 Å². The minimum absolute atomic E-state index is 0.160. The van der Waals surface area contributed by atoms with Crippen molar-refractivity contribution in [2.45, 2.75) is 13.0 Å². The summed E-state index contributed by atoms with van der Waals surface area (Å²) < 4.78 is 4.24. The second-order valence-electron chi connectivity index (χ2n) is 7.41. The average Bonchev–Trinajstić information content (AvgIpc) is 3.57. The first kappa shape index (κ1) is 19.0. The first-order valence-electron chi connectivity index (χ1n) is 9.77. The van der Waals surface area contributed by atoms with Gasteiger partial charge >= 0.3 is 0 Å². The Labute approximate surface area is 188 Å². The molecule has 0 bridgehead atoms. The Morgan fingerprint density at radius 2 is 2.09 bits per heavy atom. The molecule has 158 valence electrons. The van der Waals surface area contributed by atoms with Gasteiger partial charge in [0.15, 0.2) is 16.9 Å². The molecule has 6 aromatic rings. The molecule has 6 rings (SSSR count). The van der Waals surface area contributed by atoms with E-state index in [1.165, 1.54) is 27.4 Å². The van der Waals surface area contributed by atoms with Crippen LogP contribution in [0.5, 0.6) is 0 Å². The molecule has 1 N–H and O–H groups in total. The molecule has 0 saturated heterocycles. The van der Waals surface area contributed by atoms with E-state index >= 15 is 0 Å². The van der Waals surface area contributed by atoms with Crippen molar-refractivity contribution in [2.24, 2.45) is 7.05 Å². The van der Waals surface area contributed by atoms with Gasteiger partial charge in [0.25, 0.3) is 5.56 Å². The van der Waals surface area contributed by atoms with Gasteiger partial charge in [0.05, 0.1) is 34.8 Å². The highest BCUT2D eigenvalue weighted by molar-refractivity contribution is 7.19. The van der Waals surface area contributed by atoms with E-state index in [1.54, 1.807) is 12.4 Å². The number of aromatic amines is 1. The zero-order chi connectivity index (χ0) is 21.8. The van der Waals surface area contributed by atoms with Gasteiger partial charge < -0.3 is 4.57 Å². The summed E-state index contributed by atoms with van der Waals surface area (Å²) in [6.45, 7) is 0.353. The van der Waals surface area contributed by atoms with Gasteiger partial charge in [-0.3, -0.25) is 14.7 Å². The molecule has 32 heavy (non-hydrogen) atoms. The minimum atomic E-state index is -0.160. The Bertz CT molecular complexity index is 1700. The van der Waals surface area contributed by atoms with Crippen LogP contribution in [-0.2, 0) is 20.0 Å². The number of rotatable bonds is 5. The van der Waals surface area contributed by atoms with E-state index in [0.29, 0.717) is 23.5 Å². The van der Waals surface area contributed by atoms with Gasteiger partial charge in [-0.2, -0.15) is 10.2 Å². The van der Waals surface area contributed by atoms with Crippen LogP contribution in [0.1, 0.15) is 26.1 Å². The molecule has 9 nitrogen and oxygen atoms in total. The van der Waals surface area contributed by atoms with Gasteiger partial charge in [-0.25, -0.2) is 14.6 Å². The maximum atomic E-state index is 13.3. The monoisotopic (exact) mass is 461 g/mol. The predicted octanol–water partition coefficient (Wildman–Crippen LogP) is 3.13. The first-order chi connectivity index (χ1) is 15.6. The summed E-state index contributed by atoms with van der Waals surface area (Å²) in [7, 11) is 1.85. The highest BCUT2D eigenvalue weighted by Crippen LogP contribution is 2.32. The number of aryl methyl sites for hydroxylation is 1. The number of nitrogens with one attached hydrogen (secondary N) is 1. The molecule has 11 heteroatoms. The number of benzene rings is 1. The number of carbonyl (C=O) groups excluding carboxylic acids is 1. The molecule has 5 aromatic heterocycles. The molecule has 0 amide bonds. The lowest BCUT2D eigenvalue weighted by atomic mass is 10.1. The molecule has 0 radical (unpaired) electrons. The summed E-state index contributed by atoms with van der Waals surface area (Å²) in [4.78, 5) is 33.2. The van der Waals surface area contributed by atoms with Crippen LogP contribution in [0, 0.1) is 0 Å². The standard InChI is InChI=1S/C21H15N7O2S2/c1-27-18-14(19-20(27)25-16(32-19)5-12-10-31-17(9-29)24-12)7-23-28(21(18)30)8-11-3-2-4-15-13(11)6-22-26-15/h2-4,6-7,9-10H,5,8H2,1H3,(H,22,26). The number of hydrogen-bond donors (Lipinski definition) is 1. The maximum Gasteiger partial charge on any atom is 0.291 e. The fraction of sp³-hybridized carbons (Fsp3) is 0.143. The van der Waals surface area contributed by atoms with Crippen molar-refractivity contribution < 1.29 is 4.79 Å². The second-order valence-corrected chi connectivity index (χ2v) is 9.38. The number of fused-ring (bicyclic) bond motifs is 4. The van der Waals surface area contributed by atoms with Gasteiger partial charge in [0.2, 0.25) is 0 Å². The van der Waals surface area contributed by atoms with Crippen molar-refractivity contribution in [2.75, 3.05) is 0 Å². The Balaban J connectivity index is 1.41. The molecule has 0 saturated carbocycles. The smallest absolute Gasteiger partial charge is 0.291 e. The number of aldehydes is 1. The van der Waals surface area contributed by atoms with Crippen molar-refractivity contribution in [1.29, 1.82) is 0 Å². The van der Waals surface area contributed by atoms with Crippen molar-refractivity contribution in [3.63, 3.8) is 0 Å². The molecule has 5 heterocycles. The van der Waals surface area contributed by atoms with Gasteiger partial charge in [-0.1, -0.05) is 12.1 Å². The summed E-state index contributed by atoms with van der Waals surface area (Å²) in [6, 6.07) is 5.86. The van der Waals surface area contributed by atoms with Gasteiger partial charge in [0.1, 0.15) is 10.5 Å². The lowest BCUT2D eigenvalue weighted by Gasteiger charge is -2.07. The normalized spacial score (nSPS) is 11.8. The van der Waals surface area contributed by atoms with Crippen molar-refractivity contribution in [3.05, 3.63) is 67.6 Å². The summed E-state index contributed by atoms with van der Waals surface area (Å²) in [5, 5.41) is 16.5. The van der Waals surface area contributed by atoms with E-state index in [1.807, 2.05) is 35.2 Å². The van der Waals surface area contributed by atoms with E-state index in [4.69, 9.17) is 4.98 Å². The van der Waals surface area contributed by atoms with Crippen LogP contribution in [0.2, 0.25) is 0 Å². The van der Waals surface area contributed by atoms with Crippen LogP contribution in [-0.4, -0.2) is 40.8 Å². The molecule has 1 aromatic carbocycles. The molecular formula is C21H15N7O2S2. The quantitative estimate of drug-likeness (QED) is 0.395. The fourth-order valence-electron chi connectivity index (χ4n) is 3.96. The summed E-state index contributed by atoms with van der Waals surface area (Å²) in [5.74, 6) is 0. The number of nitrogens with zero attached hydrogens (tertiary/aromatic N) is 6. The van der Waals surface area contributed by atoms with Gasteiger partial charge in [-0.15, -0.1) is 22.7 Å². The number of aromatic nitrogens is 7. The van der Waals surface area contributed by atoms with Crippen LogP contribution in [0.4, 0.5) is 0 Å². The molecular weight excluding hydrogens is 446 g/mol. The highest BCUT2D eigenvalue weighted by Gasteiger charge is 2.19. The van der Waals surface area contributed by atoms with Gasteiger partial charge in [-0.05, 0) is 11.6 Å². The number of hydrogen-bond acceptors (Lipinski definition) is 8. The Hall–Kier alpha value is -3.70. The van der Waals surface area contributed by atoms with Crippen LogP contribution in [0.25, 0.3) is 32.2 Å². The Morgan fingerprint density at radius 1 is 1.19 bits per heavy atom. The zero-order valence-corrected chi connectivity index (χ0v) is 18.4. The molecule has 0 aliphatic carbocycles. The Kier molecular flexibility index (Phi) is 4.26. The second kappa shape index (κ2) is 7.18. The van der Waals surface area contributed by atoms with Crippen LogP contribution < -0.4 is 5.56 Å². The molecule has 0 aliphatic heterocycles. The molecule has 0 spiro atoms. The molecule has 0 unspecified atom stereocenters. The molecule has 0 fully saturated rings. The molecule has 0 aliphatic rings. The third-order valence-electron chi connectivity index (χ3n) is 5.47. The van der Waals surface area contributed by atoms with Crippen LogP contribution in [0.15, 0.2) is 40.8 Å². The largest absolute Gasteiger partial charge is 0.323 e. The maximum absolute atomic E-state index is 13.3. The van der Waals surface area contributed by atoms with Gasteiger partial charge in [0, 0.05) is 29.6 Å². The summed E-state index contributed by atoms with van der Waals surface area (Å²) in [6.07, 6.45) is 4.80. The number of H-pyrrole nitrogens is 1. The van der Waals surface area contributed by atoms with Crippen molar-refractivity contribution in [1.82, 2.24) is 34.5 Å². The van der Waals surface area contributed by atoms with Crippen molar-refractivity contribution >= 4 is 61.1 Å². The van der Waals surface area contributed by atoms with Crippen molar-refractivity contribution in [3.8, 4) is 0 Å². The Morgan fingerprint density at radius 3 is 2.94 bits per heavy atom. The van der Waals surface area contributed by atoms with E-state index < -0.39 is 0 Å². The number of thiazole rings is 2. The first-order valence-corrected chi connectivity index (χ1v) is 11.5. The third kappa shape index (κ3) is 2.89. The summed E-state index contributed by atoms with van der Waals surface area (Å²) in [5.41, 5.74) is 3.88. The van der Waals surface area contributed by atoms with E-state index in [0.717, 1.165) is 49.2 Å². The third-order valence-corrected chi connectivity index (χ3v) is 7.36.